The predicted octanol–water partition coefficient (Wildman–Crippen LogP) is 4.77. The van der Waals surface area contributed by atoms with Crippen LogP contribution in [0.5, 0.6) is 0 Å². The lowest BCUT2D eigenvalue weighted by atomic mass is 9.99. The van der Waals surface area contributed by atoms with Crippen LogP contribution >= 0.6 is 0 Å². The minimum atomic E-state index is -0.0292. The number of nitrogens with one attached hydrogen (secondary N) is 1. The molecule has 0 aliphatic carbocycles. The molecule has 0 aliphatic rings. The number of rotatable bonds is 4. The molecular formula is C21H19NO. The van der Waals surface area contributed by atoms with E-state index < -0.39 is 0 Å². The summed E-state index contributed by atoms with van der Waals surface area (Å²) in [6.07, 6.45) is 0. The van der Waals surface area contributed by atoms with E-state index in [4.69, 9.17) is 0 Å². The van der Waals surface area contributed by atoms with Gasteiger partial charge in [-0.1, -0.05) is 66.7 Å². The highest BCUT2D eigenvalue weighted by Crippen LogP contribution is 2.25. The van der Waals surface area contributed by atoms with Gasteiger partial charge in [-0.15, -0.1) is 0 Å². The molecule has 0 bridgehead atoms. The van der Waals surface area contributed by atoms with E-state index in [2.05, 4.69) is 41.7 Å². The van der Waals surface area contributed by atoms with Crippen molar-refractivity contribution in [2.24, 2.45) is 0 Å². The lowest BCUT2D eigenvalue weighted by molar-refractivity contribution is 0.0956. The molecule has 0 saturated heterocycles. The molecule has 2 heteroatoms. The fourth-order valence-electron chi connectivity index (χ4n) is 2.56. The summed E-state index contributed by atoms with van der Waals surface area (Å²) in [5.41, 5.74) is 5.36. The first-order valence-electron chi connectivity index (χ1n) is 7.82. The summed E-state index contributed by atoms with van der Waals surface area (Å²) in [4.78, 5) is 11.8. The Hall–Kier alpha value is -2.87. The van der Waals surface area contributed by atoms with Crippen LogP contribution in [0.4, 0.5) is 0 Å². The topological polar surface area (TPSA) is 29.1 Å². The maximum Gasteiger partial charge on any atom is 0.251 e. The second-order valence-corrected chi connectivity index (χ2v) is 5.38. The lowest BCUT2D eigenvalue weighted by Gasteiger charge is -2.06. The lowest BCUT2D eigenvalue weighted by Crippen LogP contribution is -2.22. The van der Waals surface area contributed by atoms with Crippen LogP contribution in [-0.2, 0) is 0 Å². The normalized spacial score (nSPS) is 10.3. The van der Waals surface area contributed by atoms with Crippen LogP contribution in [0, 0.1) is 0 Å². The molecule has 3 aromatic carbocycles. The van der Waals surface area contributed by atoms with E-state index in [9.17, 15) is 4.79 Å². The van der Waals surface area contributed by atoms with Crippen LogP contribution in [0.25, 0.3) is 22.3 Å². The summed E-state index contributed by atoms with van der Waals surface area (Å²) in [5, 5.41) is 2.81. The fraction of sp³-hybridized carbons (Fsp3) is 0.0952. The first-order chi connectivity index (χ1) is 11.3. The van der Waals surface area contributed by atoms with Crippen LogP contribution in [0.15, 0.2) is 78.9 Å². The van der Waals surface area contributed by atoms with Gasteiger partial charge >= 0.3 is 0 Å². The molecule has 0 fully saturated rings. The molecule has 1 amide bonds. The van der Waals surface area contributed by atoms with Crippen LogP contribution in [0.1, 0.15) is 17.3 Å². The van der Waals surface area contributed by atoms with Crippen molar-refractivity contribution < 1.29 is 4.79 Å². The minimum Gasteiger partial charge on any atom is -0.352 e. The molecule has 1 N–H and O–H groups in total. The van der Waals surface area contributed by atoms with Gasteiger partial charge in [-0.25, -0.2) is 0 Å². The second-order valence-electron chi connectivity index (χ2n) is 5.38. The van der Waals surface area contributed by atoms with E-state index in [1.54, 1.807) is 0 Å². The summed E-state index contributed by atoms with van der Waals surface area (Å²) >= 11 is 0. The van der Waals surface area contributed by atoms with Gasteiger partial charge in [-0.2, -0.15) is 0 Å². The molecule has 0 atom stereocenters. The molecule has 0 radical (unpaired) electrons. The predicted molar refractivity (Wildman–Crippen MR) is 95.3 cm³/mol. The molecule has 0 saturated carbocycles. The average Bonchev–Trinajstić information content (AvgIpc) is 2.63. The van der Waals surface area contributed by atoms with Crippen molar-refractivity contribution in [2.75, 3.05) is 6.54 Å². The van der Waals surface area contributed by atoms with Crippen molar-refractivity contribution in [3.63, 3.8) is 0 Å². The van der Waals surface area contributed by atoms with E-state index >= 15 is 0 Å². The summed E-state index contributed by atoms with van der Waals surface area (Å²) in [6.45, 7) is 2.56. The van der Waals surface area contributed by atoms with E-state index in [0.717, 1.165) is 11.1 Å². The van der Waals surface area contributed by atoms with Crippen molar-refractivity contribution in [3.05, 3.63) is 84.4 Å². The molecule has 0 aliphatic heterocycles. The molecule has 2 nitrogen and oxygen atoms in total. The summed E-state index contributed by atoms with van der Waals surface area (Å²) in [6, 6.07) is 26.5. The maximum atomic E-state index is 11.8. The quantitative estimate of drug-likeness (QED) is 0.739. The maximum absolute atomic E-state index is 11.8. The monoisotopic (exact) mass is 301 g/mol. The van der Waals surface area contributed by atoms with E-state index in [1.165, 1.54) is 11.1 Å². The van der Waals surface area contributed by atoms with Crippen LogP contribution in [0.2, 0.25) is 0 Å². The Balaban J connectivity index is 1.81. The Labute approximate surface area is 136 Å². The van der Waals surface area contributed by atoms with Gasteiger partial charge in [0.25, 0.3) is 5.91 Å². The number of carbonyl (C=O) groups excluding carboxylic acids is 1. The molecule has 0 spiro atoms. The SMILES string of the molecule is CCNC(=O)c1ccc(-c2ccc(-c3ccccc3)cc2)cc1. The fourth-order valence-corrected chi connectivity index (χ4v) is 2.56. The Morgan fingerprint density at radius 3 is 1.61 bits per heavy atom. The summed E-state index contributed by atoms with van der Waals surface area (Å²) < 4.78 is 0. The van der Waals surface area contributed by atoms with Crippen LogP contribution in [-0.4, -0.2) is 12.5 Å². The smallest absolute Gasteiger partial charge is 0.251 e. The van der Waals surface area contributed by atoms with Crippen molar-refractivity contribution in [1.82, 2.24) is 5.32 Å². The van der Waals surface area contributed by atoms with Gasteiger partial charge in [-0.05, 0) is 41.3 Å². The first kappa shape index (κ1) is 15.0. The van der Waals surface area contributed by atoms with Gasteiger partial charge in [0.2, 0.25) is 0 Å². The Morgan fingerprint density at radius 1 is 0.696 bits per heavy atom. The van der Waals surface area contributed by atoms with Crippen LogP contribution < -0.4 is 5.32 Å². The zero-order chi connectivity index (χ0) is 16.1. The van der Waals surface area contributed by atoms with Gasteiger partial charge < -0.3 is 5.32 Å². The van der Waals surface area contributed by atoms with Gasteiger partial charge in [0.05, 0.1) is 0 Å². The highest BCUT2D eigenvalue weighted by Gasteiger charge is 2.05. The van der Waals surface area contributed by atoms with Crippen molar-refractivity contribution >= 4 is 5.91 Å². The summed E-state index contributed by atoms with van der Waals surface area (Å²) in [5.74, 6) is -0.0292. The Kier molecular flexibility index (Phi) is 4.53. The number of hydrogen-bond acceptors (Lipinski definition) is 1. The second kappa shape index (κ2) is 6.93. The van der Waals surface area contributed by atoms with Gasteiger partial charge in [-0.3, -0.25) is 4.79 Å². The molecule has 23 heavy (non-hydrogen) atoms. The molecule has 3 rings (SSSR count). The molecule has 0 aromatic heterocycles. The molecule has 114 valence electrons. The number of carbonyl (C=O) groups is 1. The summed E-state index contributed by atoms with van der Waals surface area (Å²) in [7, 11) is 0. The number of amides is 1. The highest BCUT2D eigenvalue weighted by molar-refractivity contribution is 5.94. The van der Waals surface area contributed by atoms with Gasteiger partial charge in [0.15, 0.2) is 0 Å². The number of hydrogen-bond donors (Lipinski definition) is 1. The Bertz CT molecular complexity index is 774. The molecule has 3 aromatic rings. The first-order valence-corrected chi connectivity index (χ1v) is 7.82. The van der Waals surface area contributed by atoms with Gasteiger partial charge in [0, 0.05) is 12.1 Å². The number of benzene rings is 3. The Morgan fingerprint density at radius 2 is 1.13 bits per heavy atom. The van der Waals surface area contributed by atoms with Gasteiger partial charge in [0.1, 0.15) is 0 Å². The molecule has 0 unspecified atom stereocenters. The molecule has 0 heterocycles. The zero-order valence-electron chi connectivity index (χ0n) is 13.1. The third-order valence-electron chi connectivity index (χ3n) is 3.81. The van der Waals surface area contributed by atoms with E-state index in [1.807, 2.05) is 49.4 Å². The third kappa shape index (κ3) is 3.49. The highest BCUT2D eigenvalue weighted by atomic mass is 16.1. The van der Waals surface area contributed by atoms with E-state index in [-0.39, 0.29) is 5.91 Å². The van der Waals surface area contributed by atoms with Crippen molar-refractivity contribution in [3.8, 4) is 22.3 Å². The largest absolute Gasteiger partial charge is 0.352 e. The van der Waals surface area contributed by atoms with Crippen molar-refractivity contribution in [2.45, 2.75) is 6.92 Å². The molecular weight excluding hydrogens is 282 g/mol. The third-order valence-corrected chi connectivity index (χ3v) is 3.81. The van der Waals surface area contributed by atoms with Crippen molar-refractivity contribution in [1.29, 1.82) is 0 Å². The average molecular weight is 301 g/mol. The zero-order valence-corrected chi connectivity index (χ0v) is 13.1. The minimum absolute atomic E-state index is 0.0292. The van der Waals surface area contributed by atoms with E-state index in [0.29, 0.717) is 12.1 Å². The van der Waals surface area contributed by atoms with Crippen LogP contribution in [0.3, 0.4) is 0 Å². The standard InChI is InChI=1S/C21H19NO/c1-2-22-21(23)20-14-12-19(13-15-20)18-10-8-17(9-11-18)16-6-4-3-5-7-16/h3-15H,2H2,1H3,(H,22,23).